The predicted molar refractivity (Wildman–Crippen MR) is 86.7 cm³/mol. The van der Waals surface area contributed by atoms with E-state index in [9.17, 15) is 9.59 Å². The molecule has 0 fully saturated rings. The van der Waals surface area contributed by atoms with E-state index in [0.717, 1.165) is 3.57 Å². The van der Waals surface area contributed by atoms with Crippen molar-refractivity contribution < 1.29 is 14.3 Å². The van der Waals surface area contributed by atoms with Gasteiger partial charge in [-0.05, 0) is 59.0 Å². The summed E-state index contributed by atoms with van der Waals surface area (Å²) < 4.78 is 6.38. The molecule has 0 aliphatic rings. The minimum atomic E-state index is -0.433. The van der Waals surface area contributed by atoms with Crippen LogP contribution in [0.2, 0.25) is 0 Å². The van der Waals surface area contributed by atoms with Gasteiger partial charge in [0.25, 0.3) is 11.8 Å². The number of carbonyl (C=O) groups excluding carboxylic acids is 2. The van der Waals surface area contributed by atoms with Gasteiger partial charge in [-0.25, -0.2) is 0 Å². The average Bonchev–Trinajstić information content (AvgIpc) is 2.53. The third kappa shape index (κ3) is 5.07. The molecular formula is C15H13IN2O3. The largest absolute Gasteiger partial charge is 0.484 e. The van der Waals surface area contributed by atoms with Crippen molar-refractivity contribution in [3.8, 4) is 5.75 Å². The summed E-state index contributed by atoms with van der Waals surface area (Å²) in [6.07, 6.45) is 0. The number of amides is 2. The van der Waals surface area contributed by atoms with Crippen LogP contribution in [0, 0.1) is 3.57 Å². The molecule has 0 aromatic heterocycles. The van der Waals surface area contributed by atoms with Crippen LogP contribution >= 0.6 is 22.6 Å². The fourth-order valence-electron chi connectivity index (χ4n) is 1.50. The van der Waals surface area contributed by atoms with Crippen LogP contribution in [0.5, 0.6) is 5.75 Å². The summed E-state index contributed by atoms with van der Waals surface area (Å²) in [5.41, 5.74) is 5.09. The molecule has 0 saturated heterocycles. The lowest BCUT2D eigenvalue weighted by atomic mass is 10.2. The standard InChI is InChI=1S/C15H13IN2O3/c16-12-6-8-13(9-7-12)21-10-14(19)17-18-15(20)11-4-2-1-3-5-11/h1-9H,10H2,(H,17,19)(H,18,20). The van der Waals surface area contributed by atoms with Gasteiger partial charge in [0.15, 0.2) is 6.61 Å². The van der Waals surface area contributed by atoms with E-state index in [2.05, 4.69) is 33.4 Å². The SMILES string of the molecule is O=C(COc1ccc(I)cc1)NNC(=O)c1ccccc1. The molecule has 0 unspecified atom stereocenters. The molecule has 0 heterocycles. The lowest BCUT2D eigenvalue weighted by Crippen LogP contribution is -2.43. The van der Waals surface area contributed by atoms with Gasteiger partial charge in [-0.3, -0.25) is 20.4 Å². The number of rotatable bonds is 4. The van der Waals surface area contributed by atoms with Crippen molar-refractivity contribution in [2.75, 3.05) is 6.61 Å². The second kappa shape index (κ2) is 7.63. The van der Waals surface area contributed by atoms with Gasteiger partial charge in [0.2, 0.25) is 0 Å². The number of carbonyl (C=O) groups is 2. The molecule has 5 nitrogen and oxygen atoms in total. The Labute approximate surface area is 135 Å². The molecule has 0 saturated carbocycles. The number of hydrogen-bond acceptors (Lipinski definition) is 3. The van der Waals surface area contributed by atoms with E-state index in [0.29, 0.717) is 11.3 Å². The zero-order chi connectivity index (χ0) is 15.1. The molecule has 21 heavy (non-hydrogen) atoms. The van der Waals surface area contributed by atoms with E-state index in [1.165, 1.54) is 0 Å². The van der Waals surface area contributed by atoms with Crippen molar-refractivity contribution in [2.24, 2.45) is 0 Å². The van der Waals surface area contributed by atoms with Gasteiger partial charge >= 0.3 is 0 Å². The number of benzene rings is 2. The fraction of sp³-hybridized carbons (Fsp3) is 0.0667. The second-order valence-electron chi connectivity index (χ2n) is 4.11. The zero-order valence-corrected chi connectivity index (χ0v) is 13.2. The summed E-state index contributed by atoms with van der Waals surface area (Å²) in [7, 11) is 0. The molecule has 2 N–H and O–H groups in total. The van der Waals surface area contributed by atoms with Gasteiger partial charge in [0.05, 0.1) is 0 Å². The maximum atomic E-state index is 11.7. The smallest absolute Gasteiger partial charge is 0.276 e. The average molecular weight is 396 g/mol. The number of hydrazine groups is 1. The number of ether oxygens (including phenoxy) is 1. The number of halogens is 1. The van der Waals surface area contributed by atoms with Crippen LogP contribution in [-0.4, -0.2) is 18.4 Å². The van der Waals surface area contributed by atoms with Crippen molar-refractivity contribution in [3.63, 3.8) is 0 Å². The first-order chi connectivity index (χ1) is 10.1. The molecule has 2 aromatic rings. The molecule has 2 rings (SSSR count). The summed E-state index contributed by atoms with van der Waals surface area (Å²) in [6.45, 7) is -0.171. The monoisotopic (exact) mass is 396 g/mol. The van der Waals surface area contributed by atoms with E-state index < -0.39 is 5.91 Å². The summed E-state index contributed by atoms with van der Waals surface area (Å²) in [5, 5.41) is 0. The Kier molecular flexibility index (Phi) is 5.56. The highest BCUT2D eigenvalue weighted by Crippen LogP contribution is 2.13. The van der Waals surface area contributed by atoms with Gasteiger partial charge in [-0.1, -0.05) is 18.2 Å². The molecule has 0 radical (unpaired) electrons. The molecule has 0 spiro atoms. The number of nitrogens with one attached hydrogen (secondary N) is 2. The first-order valence-electron chi connectivity index (χ1n) is 6.18. The third-order valence-corrected chi connectivity index (χ3v) is 3.25. The van der Waals surface area contributed by atoms with E-state index in [1.54, 1.807) is 36.4 Å². The fourth-order valence-corrected chi connectivity index (χ4v) is 1.86. The normalized spacial score (nSPS) is 9.76. The molecule has 0 aliphatic heterocycles. The Morgan fingerprint density at radius 3 is 2.29 bits per heavy atom. The van der Waals surface area contributed by atoms with Crippen molar-refractivity contribution in [1.82, 2.24) is 10.9 Å². The minimum absolute atomic E-state index is 0.171. The van der Waals surface area contributed by atoms with E-state index in [1.807, 2.05) is 18.2 Å². The Hall–Kier alpha value is -2.09. The van der Waals surface area contributed by atoms with Crippen molar-refractivity contribution in [2.45, 2.75) is 0 Å². The lowest BCUT2D eigenvalue weighted by molar-refractivity contribution is -0.123. The zero-order valence-electron chi connectivity index (χ0n) is 11.0. The van der Waals surface area contributed by atoms with Gasteiger partial charge in [0, 0.05) is 9.13 Å². The van der Waals surface area contributed by atoms with E-state index in [4.69, 9.17) is 4.74 Å². The highest BCUT2D eigenvalue weighted by Gasteiger charge is 2.07. The summed E-state index contributed by atoms with van der Waals surface area (Å²) in [6, 6.07) is 15.9. The molecule has 108 valence electrons. The van der Waals surface area contributed by atoms with Gasteiger partial charge in [-0.15, -0.1) is 0 Å². The van der Waals surface area contributed by atoms with Crippen LogP contribution in [0.25, 0.3) is 0 Å². The first kappa shape index (κ1) is 15.3. The molecule has 0 atom stereocenters. The maximum Gasteiger partial charge on any atom is 0.276 e. The summed E-state index contributed by atoms with van der Waals surface area (Å²) in [5.74, 6) is -0.212. The summed E-state index contributed by atoms with van der Waals surface area (Å²) >= 11 is 2.18. The number of hydrogen-bond donors (Lipinski definition) is 2. The third-order valence-electron chi connectivity index (χ3n) is 2.53. The van der Waals surface area contributed by atoms with E-state index in [-0.39, 0.29) is 12.5 Å². The van der Waals surface area contributed by atoms with Gasteiger partial charge in [-0.2, -0.15) is 0 Å². The molecule has 2 aromatic carbocycles. The molecule has 6 heteroatoms. The Morgan fingerprint density at radius 1 is 0.952 bits per heavy atom. The van der Waals surface area contributed by atoms with Crippen molar-refractivity contribution in [1.29, 1.82) is 0 Å². The maximum absolute atomic E-state index is 11.7. The Bertz CT molecular complexity index is 615. The van der Waals surface area contributed by atoms with Crippen LogP contribution in [0.1, 0.15) is 10.4 Å². The van der Waals surface area contributed by atoms with Crippen LogP contribution in [0.4, 0.5) is 0 Å². The summed E-state index contributed by atoms with van der Waals surface area (Å²) in [4.78, 5) is 23.3. The predicted octanol–water partition coefficient (Wildman–Crippen LogP) is 2.13. The van der Waals surface area contributed by atoms with Crippen molar-refractivity contribution >= 4 is 34.4 Å². The highest BCUT2D eigenvalue weighted by molar-refractivity contribution is 14.1. The van der Waals surface area contributed by atoms with Crippen LogP contribution in [-0.2, 0) is 4.79 Å². The molecule has 0 aliphatic carbocycles. The highest BCUT2D eigenvalue weighted by atomic mass is 127. The van der Waals surface area contributed by atoms with Crippen molar-refractivity contribution in [3.05, 3.63) is 63.7 Å². The quantitative estimate of drug-likeness (QED) is 0.615. The van der Waals surface area contributed by atoms with Gasteiger partial charge < -0.3 is 4.74 Å². The Morgan fingerprint density at radius 2 is 1.62 bits per heavy atom. The Balaban J connectivity index is 1.75. The minimum Gasteiger partial charge on any atom is -0.484 e. The van der Waals surface area contributed by atoms with Gasteiger partial charge in [0.1, 0.15) is 5.75 Å². The topological polar surface area (TPSA) is 67.4 Å². The van der Waals surface area contributed by atoms with E-state index >= 15 is 0 Å². The van der Waals surface area contributed by atoms with Crippen LogP contribution in [0.15, 0.2) is 54.6 Å². The van der Waals surface area contributed by atoms with Crippen LogP contribution < -0.4 is 15.6 Å². The molecular weight excluding hydrogens is 383 g/mol. The second-order valence-corrected chi connectivity index (χ2v) is 5.36. The lowest BCUT2D eigenvalue weighted by Gasteiger charge is -2.08. The van der Waals surface area contributed by atoms with Crippen LogP contribution in [0.3, 0.4) is 0 Å². The molecule has 0 bridgehead atoms. The first-order valence-corrected chi connectivity index (χ1v) is 7.25. The molecule has 2 amide bonds.